The molecular weight excluding hydrogens is 115 g/mol. The molecule has 0 N–H and O–H groups in total. The third-order valence-corrected chi connectivity index (χ3v) is 0. The van der Waals surface area contributed by atoms with Gasteiger partial charge in [-0.3, -0.25) is 0 Å². The molecule has 0 aliphatic rings. The molecule has 4 heteroatoms. The molecule has 0 saturated carbocycles. The monoisotopic (exact) mass is 117 g/mol. The van der Waals surface area contributed by atoms with Crippen molar-refractivity contribution in [3.63, 3.8) is 0 Å². The molecule has 0 aromatic heterocycles. The maximum absolute atomic E-state index is 8.41. The third-order valence-electron chi connectivity index (χ3n) is 0. The van der Waals surface area contributed by atoms with E-state index in [0.29, 0.717) is 0 Å². The van der Waals surface area contributed by atoms with Crippen molar-refractivity contribution in [2.24, 2.45) is 0 Å². The van der Waals surface area contributed by atoms with Gasteiger partial charge in [0.15, 0.2) is 0 Å². The van der Waals surface area contributed by atoms with Gasteiger partial charge in [-0.25, -0.2) is 0 Å². The second-order valence-electron chi connectivity index (χ2n) is 0.0630. The van der Waals surface area contributed by atoms with E-state index in [1.807, 2.05) is 6.79 Å². The summed E-state index contributed by atoms with van der Waals surface area (Å²) in [6.45, 7) is 2.00. The Labute approximate surface area is 34.9 Å². The number of carbonyl (C=O) groups excluding carboxylic acids is 1. The Bertz CT molecular complexity index is 36.2. The van der Waals surface area contributed by atoms with Crippen LogP contribution in [-0.2, 0) is 27.3 Å². The fraction of sp³-hybridized carbons (Fsp3) is 0. The normalized spacial score (nSPS) is 3.20. The van der Waals surface area contributed by atoms with Crippen LogP contribution in [0.25, 0.3) is 0 Å². The average molecular weight is 117 g/mol. The molecule has 3 nitrogen and oxygen atoms in total. The van der Waals surface area contributed by atoms with Gasteiger partial charge < -0.3 is 4.79 Å². The zero-order valence-corrected chi connectivity index (χ0v) is 3.49. The summed E-state index contributed by atoms with van der Waals surface area (Å²) in [5.41, 5.74) is 0. The molecule has 0 radical (unpaired) electrons. The summed E-state index contributed by atoms with van der Waals surface area (Å²) >= 11 is -1.44. The van der Waals surface area contributed by atoms with Crippen LogP contribution in [0.4, 0.5) is 0 Å². The molecule has 31 valence electrons. The number of rotatable bonds is 0. The van der Waals surface area contributed by atoms with E-state index >= 15 is 0 Å². The van der Waals surface area contributed by atoms with Gasteiger partial charge in [0.05, 0.1) is 0 Å². The molecular formula is CH2MnO3. The van der Waals surface area contributed by atoms with E-state index in [4.69, 9.17) is 12.5 Å². The first-order valence-corrected chi connectivity index (χ1v) is 1.56. The third kappa shape index (κ3) is 274. The van der Waals surface area contributed by atoms with E-state index in [-0.39, 0.29) is 0 Å². The van der Waals surface area contributed by atoms with E-state index in [1.54, 1.807) is 0 Å². The fourth-order valence-electron chi connectivity index (χ4n) is 0. The summed E-state index contributed by atoms with van der Waals surface area (Å²) in [7, 11) is 0. The molecule has 0 saturated heterocycles. The van der Waals surface area contributed by atoms with Gasteiger partial charge in [0, 0.05) is 0 Å². The van der Waals surface area contributed by atoms with Crippen molar-refractivity contribution < 1.29 is 27.3 Å². The van der Waals surface area contributed by atoms with Crippen LogP contribution in [0.15, 0.2) is 0 Å². The van der Waals surface area contributed by atoms with Crippen molar-refractivity contribution in [2.45, 2.75) is 0 Å². The van der Waals surface area contributed by atoms with Gasteiger partial charge in [0.2, 0.25) is 0 Å². The standard InChI is InChI=1S/CH2O.Mn.2O/c1-2;;;/h1H2;;;. The van der Waals surface area contributed by atoms with Crippen LogP contribution < -0.4 is 0 Å². The van der Waals surface area contributed by atoms with Crippen LogP contribution in [0.1, 0.15) is 0 Å². The molecule has 0 heterocycles. The predicted molar refractivity (Wildman–Crippen MR) is 8.49 cm³/mol. The quantitative estimate of drug-likeness (QED) is 0.404. The van der Waals surface area contributed by atoms with Crippen LogP contribution >= 0.6 is 0 Å². The van der Waals surface area contributed by atoms with E-state index < -0.39 is 14.8 Å². The first kappa shape index (κ1) is 8.84. The fourth-order valence-corrected chi connectivity index (χ4v) is 0. The molecule has 0 unspecified atom stereocenters. The number of hydrogen-bond donors (Lipinski definition) is 0. The van der Waals surface area contributed by atoms with Crippen LogP contribution in [0.3, 0.4) is 0 Å². The summed E-state index contributed by atoms with van der Waals surface area (Å²) in [4.78, 5) is 8.00. The van der Waals surface area contributed by atoms with E-state index in [0.717, 1.165) is 0 Å². The maximum atomic E-state index is 8.41. The van der Waals surface area contributed by atoms with Crippen molar-refractivity contribution in [2.75, 3.05) is 0 Å². The molecule has 0 aromatic carbocycles. The van der Waals surface area contributed by atoms with Gasteiger partial charge in [-0.05, 0) is 0 Å². The zero-order chi connectivity index (χ0) is 4.71. The molecule has 0 aromatic rings. The van der Waals surface area contributed by atoms with Crippen molar-refractivity contribution in [1.29, 1.82) is 0 Å². The van der Waals surface area contributed by atoms with Gasteiger partial charge in [0.1, 0.15) is 6.79 Å². The summed E-state index contributed by atoms with van der Waals surface area (Å²) < 4.78 is 16.8. The van der Waals surface area contributed by atoms with Gasteiger partial charge in [0.25, 0.3) is 0 Å². The summed E-state index contributed by atoms with van der Waals surface area (Å²) in [5.74, 6) is 0. The van der Waals surface area contributed by atoms with Crippen LogP contribution in [0.2, 0.25) is 0 Å². The summed E-state index contributed by atoms with van der Waals surface area (Å²) in [5, 5.41) is 0. The minimum absolute atomic E-state index is 1.44. The molecule has 5 heavy (non-hydrogen) atoms. The molecule has 0 rings (SSSR count). The van der Waals surface area contributed by atoms with E-state index in [1.165, 1.54) is 0 Å². The second kappa shape index (κ2) is 47.3. The molecule has 0 bridgehead atoms. The molecule has 0 aliphatic carbocycles. The molecule has 0 fully saturated rings. The molecule has 0 amide bonds. The average Bonchev–Trinajstić information content (AvgIpc) is 1.46. The first-order valence-electron chi connectivity index (χ1n) is 0.597. The molecule has 0 aliphatic heterocycles. The van der Waals surface area contributed by atoms with Crippen LogP contribution in [0, 0.1) is 0 Å². The van der Waals surface area contributed by atoms with E-state index in [2.05, 4.69) is 0 Å². The van der Waals surface area contributed by atoms with Crippen molar-refractivity contribution in [3.05, 3.63) is 0 Å². The number of carbonyl (C=O) groups is 1. The van der Waals surface area contributed by atoms with Crippen LogP contribution in [-0.4, -0.2) is 6.79 Å². The summed E-state index contributed by atoms with van der Waals surface area (Å²) in [6.07, 6.45) is 0. The van der Waals surface area contributed by atoms with Gasteiger partial charge in [-0.2, -0.15) is 0 Å². The van der Waals surface area contributed by atoms with E-state index in [9.17, 15) is 0 Å². The molecule has 0 atom stereocenters. The van der Waals surface area contributed by atoms with Crippen molar-refractivity contribution in [3.8, 4) is 0 Å². The Hall–Kier alpha value is -0.211. The van der Waals surface area contributed by atoms with Gasteiger partial charge >= 0.3 is 22.5 Å². The second-order valence-corrected chi connectivity index (χ2v) is 0.260. The minimum atomic E-state index is -1.44. The van der Waals surface area contributed by atoms with Crippen molar-refractivity contribution in [1.82, 2.24) is 0 Å². The Balaban J connectivity index is 0. The SMILES string of the molecule is C=O.[O]=[Mn]=[O]. The Morgan fingerprint density at radius 1 is 1.20 bits per heavy atom. The Kier molecular flexibility index (Phi) is 83.6. The molecule has 0 spiro atoms. The predicted octanol–water partition coefficient (Wildman–Crippen LogP) is -0.425. The van der Waals surface area contributed by atoms with Crippen LogP contribution in [0.5, 0.6) is 0 Å². The summed E-state index contributed by atoms with van der Waals surface area (Å²) in [6, 6.07) is 0. The topological polar surface area (TPSA) is 51.2 Å². The first-order chi connectivity index (χ1) is 2.41. The van der Waals surface area contributed by atoms with Gasteiger partial charge in [-0.1, -0.05) is 0 Å². The number of hydrogen-bond acceptors (Lipinski definition) is 3. The van der Waals surface area contributed by atoms with Gasteiger partial charge in [-0.15, -0.1) is 0 Å². The Morgan fingerprint density at radius 3 is 1.20 bits per heavy atom. The Morgan fingerprint density at radius 2 is 1.20 bits per heavy atom. The van der Waals surface area contributed by atoms with Crippen molar-refractivity contribution >= 4 is 6.79 Å². The zero-order valence-electron chi connectivity index (χ0n) is 2.31.